The minimum absolute atomic E-state index is 0.164. The van der Waals surface area contributed by atoms with E-state index in [0.29, 0.717) is 17.8 Å². The van der Waals surface area contributed by atoms with Gasteiger partial charge in [0.25, 0.3) is 0 Å². The third-order valence-electron chi connectivity index (χ3n) is 2.75. The van der Waals surface area contributed by atoms with Crippen LogP contribution >= 0.6 is 0 Å². The minimum Gasteiger partial charge on any atom is -0.387 e. The molecule has 106 valence electrons. The van der Waals surface area contributed by atoms with Gasteiger partial charge in [0.15, 0.2) is 9.84 Å². The molecule has 20 heavy (non-hydrogen) atoms. The topological polar surface area (TPSA) is 88.2 Å². The lowest BCUT2D eigenvalue weighted by molar-refractivity contribution is -0.117. The van der Waals surface area contributed by atoms with E-state index in [4.69, 9.17) is 0 Å². The number of carbonyl (C=O) groups excluding carboxylic acids is 1. The molecule has 0 aromatic carbocycles. The van der Waals surface area contributed by atoms with Crippen molar-refractivity contribution < 1.29 is 13.2 Å². The van der Waals surface area contributed by atoms with Gasteiger partial charge in [-0.3, -0.25) is 9.78 Å². The standard InChI is InChI=1S/C13H15N3O3S/c1-20(18,19)12-5-4-11(15-9-12)8-16-13(17)10-3-2-6-14-7-10/h2-6,9,14H,7-8H2,1H3,(H,16,17). The molecule has 1 aromatic heterocycles. The summed E-state index contributed by atoms with van der Waals surface area (Å²) in [5.74, 6) is -0.171. The number of hydrogen-bond donors (Lipinski definition) is 2. The molecule has 7 heteroatoms. The van der Waals surface area contributed by atoms with Crippen LogP contribution in [0.25, 0.3) is 0 Å². The summed E-state index contributed by atoms with van der Waals surface area (Å²) in [7, 11) is -3.24. The first-order chi connectivity index (χ1) is 9.47. The van der Waals surface area contributed by atoms with Crippen LogP contribution in [-0.4, -0.2) is 32.1 Å². The molecule has 0 aliphatic carbocycles. The van der Waals surface area contributed by atoms with Crippen LogP contribution in [0.5, 0.6) is 0 Å². The van der Waals surface area contributed by atoms with Gasteiger partial charge in [0, 0.05) is 24.6 Å². The summed E-state index contributed by atoms with van der Waals surface area (Å²) >= 11 is 0. The Hall–Kier alpha value is -2.15. The smallest absolute Gasteiger partial charge is 0.249 e. The summed E-state index contributed by atoms with van der Waals surface area (Å²) in [4.78, 5) is 16.0. The van der Waals surface area contributed by atoms with Crippen LogP contribution in [-0.2, 0) is 21.2 Å². The van der Waals surface area contributed by atoms with E-state index in [1.807, 2.05) is 0 Å². The molecule has 0 radical (unpaired) electrons. The minimum atomic E-state index is -3.24. The zero-order chi connectivity index (χ0) is 14.6. The number of rotatable bonds is 4. The van der Waals surface area contributed by atoms with Crippen molar-refractivity contribution in [1.29, 1.82) is 0 Å². The zero-order valence-electron chi connectivity index (χ0n) is 11.0. The molecule has 0 saturated heterocycles. The Morgan fingerprint density at radius 1 is 1.45 bits per heavy atom. The summed E-state index contributed by atoms with van der Waals surface area (Å²) < 4.78 is 22.6. The molecule has 1 amide bonds. The van der Waals surface area contributed by atoms with Crippen molar-refractivity contribution in [3.8, 4) is 0 Å². The van der Waals surface area contributed by atoms with Crippen LogP contribution in [0, 0.1) is 0 Å². The van der Waals surface area contributed by atoms with E-state index in [1.165, 1.54) is 12.3 Å². The number of allylic oxidation sites excluding steroid dienone is 2. The molecule has 0 unspecified atom stereocenters. The molecule has 1 aliphatic rings. The Morgan fingerprint density at radius 3 is 2.80 bits per heavy atom. The Labute approximate surface area is 117 Å². The highest BCUT2D eigenvalue weighted by Crippen LogP contribution is 2.07. The van der Waals surface area contributed by atoms with E-state index in [9.17, 15) is 13.2 Å². The third kappa shape index (κ3) is 3.67. The fourth-order valence-electron chi connectivity index (χ4n) is 1.64. The molecule has 0 fully saturated rings. The van der Waals surface area contributed by atoms with Crippen molar-refractivity contribution in [3.63, 3.8) is 0 Å². The van der Waals surface area contributed by atoms with Crippen LogP contribution in [0.2, 0.25) is 0 Å². The van der Waals surface area contributed by atoms with Crippen LogP contribution in [0.4, 0.5) is 0 Å². The van der Waals surface area contributed by atoms with Gasteiger partial charge in [-0.1, -0.05) is 6.08 Å². The number of amides is 1. The largest absolute Gasteiger partial charge is 0.387 e. The van der Waals surface area contributed by atoms with Gasteiger partial charge in [-0.2, -0.15) is 0 Å². The molecule has 0 spiro atoms. The molecule has 1 aliphatic heterocycles. The predicted octanol–water partition coefficient (Wildman–Crippen LogP) is 0.145. The maximum Gasteiger partial charge on any atom is 0.249 e. The van der Waals surface area contributed by atoms with E-state index in [2.05, 4.69) is 15.6 Å². The average molecular weight is 293 g/mol. The van der Waals surface area contributed by atoms with E-state index >= 15 is 0 Å². The predicted molar refractivity (Wildman–Crippen MR) is 74.4 cm³/mol. The monoisotopic (exact) mass is 293 g/mol. The molecule has 0 saturated carbocycles. The first kappa shape index (κ1) is 14.3. The average Bonchev–Trinajstić information content (AvgIpc) is 2.45. The normalized spacial score (nSPS) is 14.3. The number of nitrogens with zero attached hydrogens (tertiary/aromatic N) is 1. The third-order valence-corrected chi connectivity index (χ3v) is 3.85. The fraction of sp³-hybridized carbons (Fsp3) is 0.231. The highest BCUT2D eigenvalue weighted by atomic mass is 32.2. The van der Waals surface area contributed by atoms with Crippen molar-refractivity contribution in [2.75, 3.05) is 12.8 Å². The highest BCUT2D eigenvalue weighted by Gasteiger charge is 2.10. The molecular formula is C13H15N3O3S. The van der Waals surface area contributed by atoms with Crippen molar-refractivity contribution >= 4 is 15.7 Å². The van der Waals surface area contributed by atoms with Gasteiger partial charge in [0.1, 0.15) is 0 Å². The summed E-state index contributed by atoms with van der Waals surface area (Å²) in [6.07, 6.45) is 7.69. The van der Waals surface area contributed by atoms with Gasteiger partial charge < -0.3 is 10.6 Å². The molecule has 6 nitrogen and oxygen atoms in total. The van der Waals surface area contributed by atoms with E-state index in [0.717, 1.165) is 6.26 Å². The number of nitrogens with one attached hydrogen (secondary N) is 2. The van der Waals surface area contributed by atoms with Crippen LogP contribution in [0.1, 0.15) is 5.69 Å². The van der Waals surface area contributed by atoms with Crippen molar-refractivity contribution in [2.24, 2.45) is 0 Å². The molecule has 2 heterocycles. The summed E-state index contributed by atoms with van der Waals surface area (Å²) in [6, 6.07) is 3.07. The second-order valence-electron chi connectivity index (χ2n) is 4.37. The van der Waals surface area contributed by atoms with Crippen molar-refractivity contribution in [1.82, 2.24) is 15.6 Å². The Balaban J connectivity index is 1.96. The van der Waals surface area contributed by atoms with Crippen LogP contribution in [0.15, 0.2) is 47.2 Å². The lowest BCUT2D eigenvalue weighted by Gasteiger charge is -2.11. The second kappa shape index (κ2) is 5.87. The summed E-state index contributed by atoms with van der Waals surface area (Å²) in [5, 5.41) is 5.68. The Morgan fingerprint density at radius 2 is 2.25 bits per heavy atom. The fourth-order valence-corrected chi connectivity index (χ4v) is 2.19. The maximum atomic E-state index is 11.8. The number of pyridine rings is 1. The first-order valence-electron chi connectivity index (χ1n) is 5.99. The number of carbonyl (C=O) groups is 1. The molecule has 2 N–H and O–H groups in total. The molecule has 0 bridgehead atoms. The molecule has 0 atom stereocenters. The van der Waals surface area contributed by atoms with E-state index in [1.54, 1.807) is 24.4 Å². The van der Waals surface area contributed by atoms with Crippen LogP contribution < -0.4 is 10.6 Å². The SMILES string of the molecule is CS(=O)(=O)c1ccc(CNC(=O)C2=CC=CNC2)nc1. The van der Waals surface area contributed by atoms with Gasteiger partial charge in [-0.15, -0.1) is 0 Å². The lowest BCUT2D eigenvalue weighted by atomic mass is 10.2. The quantitative estimate of drug-likeness (QED) is 0.824. The number of aromatic nitrogens is 1. The van der Waals surface area contributed by atoms with Gasteiger partial charge in [0.05, 0.1) is 17.1 Å². The Bertz CT molecular complexity index is 661. The van der Waals surface area contributed by atoms with E-state index in [-0.39, 0.29) is 17.3 Å². The zero-order valence-corrected chi connectivity index (χ0v) is 11.8. The summed E-state index contributed by atoms with van der Waals surface area (Å²) in [6.45, 7) is 0.743. The van der Waals surface area contributed by atoms with Gasteiger partial charge >= 0.3 is 0 Å². The molecule has 1 aromatic rings. The van der Waals surface area contributed by atoms with Gasteiger partial charge in [-0.05, 0) is 24.4 Å². The number of sulfone groups is 1. The van der Waals surface area contributed by atoms with E-state index < -0.39 is 9.84 Å². The Kier molecular flexibility index (Phi) is 4.19. The first-order valence-corrected chi connectivity index (χ1v) is 7.88. The molecular weight excluding hydrogens is 278 g/mol. The summed E-state index contributed by atoms with van der Waals surface area (Å²) in [5.41, 5.74) is 1.24. The van der Waals surface area contributed by atoms with Crippen LogP contribution in [0.3, 0.4) is 0 Å². The van der Waals surface area contributed by atoms with Gasteiger partial charge in [0.2, 0.25) is 5.91 Å². The lowest BCUT2D eigenvalue weighted by Crippen LogP contribution is -2.30. The number of hydrogen-bond acceptors (Lipinski definition) is 5. The van der Waals surface area contributed by atoms with Crippen molar-refractivity contribution in [2.45, 2.75) is 11.4 Å². The highest BCUT2D eigenvalue weighted by molar-refractivity contribution is 7.90. The van der Waals surface area contributed by atoms with Gasteiger partial charge in [-0.25, -0.2) is 8.42 Å². The maximum absolute atomic E-state index is 11.8. The second-order valence-corrected chi connectivity index (χ2v) is 6.39. The molecule has 2 rings (SSSR count). The number of dihydropyridines is 1. The van der Waals surface area contributed by atoms with Crippen molar-refractivity contribution in [3.05, 3.63) is 47.9 Å².